The lowest BCUT2D eigenvalue weighted by Gasteiger charge is -2.38. The van der Waals surface area contributed by atoms with E-state index in [0.717, 1.165) is 26.1 Å². The third-order valence-electron chi connectivity index (χ3n) is 2.38. The Morgan fingerprint density at radius 2 is 2.29 bits per heavy atom. The summed E-state index contributed by atoms with van der Waals surface area (Å²) in [6.45, 7) is 10.1. The minimum atomic E-state index is 0.00806. The second-order valence-corrected chi connectivity index (χ2v) is 4.12. The fourth-order valence-corrected chi connectivity index (χ4v) is 1.32. The summed E-state index contributed by atoms with van der Waals surface area (Å²) in [7, 11) is 0. The first-order valence-electron chi connectivity index (χ1n) is 5.16. The summed E-state index contributed by atoms with van der Waals surface area (Å²) in [6.07, 6.45) is 2.69. The van der Waals surface area contributed by atoms with E-state index in [0.29, 0.717) is 5.92 Å². The van der Waals surface area contributed by atoms with Crippen LogP contribution in [-0.2, 0) is 9.53 Å². The number of hydrogen-bond acceptors (Lipinski definition) is 2. The van der Waals surface area contributed by atoms with Crippen molar-refractivity contribution in [3.63, 3.8) is 0 Å². The Kier molecular flexibility index (Phi) is 4.14. The van der Waals surface area contributed by atoms with Crippen molar-refractivity contribution in [1.82, 2.24) is 4.90 Å². The topological polar surface area (TPSA) is 29.5 Å². The van der Waals surface area contributed by atoms with Crippen molar-refractivity contribution in [3.05, 3.63) is 12.7 Å². The molecule has 0 N–H and O–H groups in total. The summed E-state index contributed by atoms with van der Waals surface area (Å²) in [5, 5.41) is 0. The van der Waals surface area contributed by atoms with E-state index in [2.05, 4.69) is 20.4 Å². The number of carbonyl (C=O) groups is 1. The van der Waals surface area contributed by atoms with Gasteiger partial charge < -0.3 is 9.64 Å². The molecular weight excluding hydrogens is 178 g/mol. The lowest BCUT2D eigenvalue weighted by molar-refractivity contribution is -0.139. The van der Waals surface area contributed by atoms with Crippen LogP contribution in [0.25, 0.3) is 0 Å². The third kappa shape index (κ3) is 3.14. The monoisotopic (exact) mass is 197 g/mol. The summed E-state index contributed by atoms with van der Waals surface area (Å²) in [5.41, 5.74) is 0. The van der Waals surface area contributed by atoms with Gasteiger partial charge in [-0.3, -0.25) is 4.79 Å². The molecule has 0 aromatic rings. The van der Waals surface area contributed by atoms with Crippen molar-refractivity contribution < 1.29 is 9.53 Å². The number of hydrogen-bond donors (Lipinski definition) is 0. The van der Waals surface area contributed by atoms with Crippen LogP contribution in [0.1, 0.15) is 20.3 Å². The zero-order valence-corrected chi connectivity index (χ0v) is 9.03. The highest BCUT2D eigenvalue weighted by molar-refractivity contribution is 5.87. The fraction of sp³-hybridized carbons (Fsp3) is 0.727. The van der Waals surface area contributed by atoms with Gasteiger partial charge >= 0.3 is 0 Å². The molecule has 80 valence electrons. The van der Waals surface area contributed by atoms with Gasteiger partial charge in [0.1, 0.15) is 0 Å². The molecule has 1 aliphatic heterocycles. The van der Waals surface area contributed by atoms with Crippen molar-refractivity contribution in [2.75, 3.05) is 19.7 Å². The first-order valence-corrected chi connectivity index (χ1v) is 5.16. The van der Waals surface area contributed by atoms with E-state index in [1.54, 1.807) is 4.90 Å². The maximum absolute atomic E-state index is 11.1. The van der Waals surface area contributed by atoms with Crippen LogP contribution in [0.2, 0.25) is 0 Å². The van der Waals surface area contributed by atoms with Gasteiger partial charge in [0.15, 0.2) is 0 Å². The van der Waals surface area contributed by atoms with Gasteiger partial charge in [-0.05, 0) is 18.4 Å². The molecule has 0 radical (unpaired) electrons. The second kappa shape index (κ2) is 5.15. The molecule has 3 heteroatoms. The number of carbonyl (C=O) groups excluding carboxylic acids is 1. The molecule has 1 amide bonds. The Bertz CT molecular complexity index is 207. The predicted molar refractivity (Wildman–Crippen MR) is 56.0 cm³/mol. The molecule has 14 heavy (non-hydrogen) atoms. The Labute approximate surface area is 85.7 Å². The zero-order chi connectivity index (χ0) is 10.6. The Hall–Kier alpha value is -0.830. The maximum atomic E-state index is 11.1. The van der Waals surface area contributed by atoms with E-state index in [1.165, 1.54) is 6.08 Å². The molecule has 0 atom stereocenters. The van der Waals surface area contributed by atoms with Crippen molar-refractivity contribution in [2.45, 2.75) is 26.4 Å². The van der Waals surface area contributed by atoms with E-state index < -0.39 is 0 Å². The van der Waals surface area contributed by atoms with Crippen LogP contribution < -0.4 is 0 Å². The summed E-state index contributed by atoms with van der Waals surface area (Å²) < 4.78 is 5.59. The molecule has 0 aromatic carbocycles. The normalized spacial score (nSPS) is 16.9. The first kappa shape index (κ1) is 11.2. The number of ether oxygens (including phenoxy) is 1. The van der Waals surface area contributed by atoms with Crippen LogP contribution in [0.3, 0.4) is 0 Å². The van der Waals surface area contributed by atoms with Crippen molar-refractivity contribution in [2.24, 2.45) is 5.92 Å². The number of nitrogens with zero attached hydrogens (tertiary/aromatic N) is 1. The summed E-state index contributed by atoms with van der Waals surface area (Å²) in [5.74, 6) is 0.690. The summed E-state index contributed by atoms with van der Waals surface area (Å²) in [6, 6.07) is 0. The average Bonchev–Trinajstić information content (AvgIpc) is 2.07. The highest BCUT2D eigenvalue weighted by Gasteiger charge is 2.29. The standard InChI is InChI=1S/C11H19NO2/c1-4-11(13)12-7-10(8-12)14-6-5-9(2)3/h4,9-10H,1,5-8H2,2-3H3. The third-order valence-corrected chi connectivity index (χ3v) is 2.38. The highest BCUT2D eigenvalue weighted by Crippen LogP contribution is 2.13. The molecule has 1 saturated heterocycles. The molecule has 1 rings (SSSR count). The minimum absolute atomic E-state index is 0.00806. The molecule has 0 bridgehead atoms. The molecule has 0 aliphatic carbocycles. The largest absolute Gasteiger partial charge is 0.375 e. The van der Waals surface area contributed by atoms with Gasteiger partial charge in [0.2, 0.25) is 5.91 Å². The van der Waals surface area contributed by atoms with Crippen LogP contribution in [0.4, 0.5) is 0 Å². The first-order chi connectivity index (χ1) is 6.63. The second-order valence-electron chi connectivity index (χ2n) is 4.12. The molecule has 3 nitrogen and oxygen atoms in total. The van der Waals surface area contributed by atoms with Crippen molar-refractivity contribution in [1.29, 1.82) is 0 Å². The number of rotatable bonds is 5. The number of likely N-dealkylation sites (tertiary alicyclic amines) is 1. The number of amides is 1. The molecule has 0 unspecified atom stereocenters. The van der Waals surface area contributed by atoms with Gasteiger partial charge in [-0.15, -0.1) is 0 Å². The van der Waals surface area contributed by atoms with Gasteiger partial charge in [-0.1, -0.05) is 20.4 Å². The van der Waals surface area contributed by atoms with E-state index in [4.69, 9.17) is 4.74 Å². The van der Waals surface area contributed by atoms with Gasteiger partial charge in [0.25, 0.3) is 0 Å². The van der Waals surface area contributed by atoms with Gasteiger partial charge in [0.05, 0.1) is 6.10 Å². The zero-order valence-electron chi connectivity index (χ0n) is 9.03. The molecule has 0 aromatic heterocycles. The maximum Gasteiger partial charge on any atom is 0.246 e. The van der Waals surface area contributed by atoms with E-state index in [1.807, 2.05) is 0 Å². The molecule has 0 saturated carbocycles. The Balaban J connectivity index is 2.04. The van der Waals surface area contributed by atoms with Crippen molar-refractivity contribution >= 4 is 5.91 Å². The SMILES string of the molecule is C=CC(=O)N1CC(OCCC(C)C)C1. The molecule has 1 fully saturated rings. The Morgan fingerprint density at radius 1 is 1.64 bits per heavy atom. The molecule has 0 spiro atoms. The summed E-state index contributed by atoms with van der Waals surface area (Å²) >= 11 is 0. The molecule has 1 heterocycles. The highest BCUT2D eigenvalue weighted by atomic mass is 16.5. The summed E-state index contributed by atoms with van der Waals surface area (Å²) in [4.78, 5) is 12.8. The van der Waals surface area contributed by atoms with Gasteiger partial charge in [-0.2, -0.15) is 0 Å². The van der Waals surface area contributed by atoms with Crippen LogP contribution >= 0.6 is 0 Å². The smallest absolute Gasteiger partial charge is 0.246 e. The molecular formula is C11H19NO2. The fourth-order valence-electron chi connectivity index (χ4n) is 1.32. The van der Waals surface area contributed by atoms with Crippen LogP contribution in [0, 0.1) is 5.92 Å². The quantitative estimate of drug-likeness (QED) is 0.624. The predicted octanol–water partition coefficient (Wildman–Crippen LogP) is 1.45. The van der Waals surface area contributed by atoms with E-state index in [-0.39, 0.29) is 12.0 Å². The van der Waals surface area contributed by atoms with Gasteiger partial charge in [-0.25, -0.2) is 0 Å². The van der Waals surface area contributed by atoms with Crippen LogP contribution in [0.15, 0.2) is 12.7 Å². The Morgan fingerprint density at radius 3 is 2.79 bits per heavy atom. The lowest BCUT2D eigenvalue weighted by atomic mass is 10.1. The molecule has 1 aliphatic rings. The van der Waals surface area contributed by atoms with Crippen molar-refractivity contribution in [3.8, 4) is 0 Å². The van der Waals surface area contributed by atoms with Gasteiger partial charge in [0, 0.05) is 19.7 Å². The average molecular weight is 197 g/mol. The van der Waals surface area contributed by atoms with Crippen LogP contribution in [-0.4, -0.2) is 36.6 Å². The minimum Gasteiger partial charge on any atom is -0.375 e. The van der Waals surface area contributed by atoms with E-state index >= 15 is 0 Å². The van der Waals surface area contributed by atoms with E-state index in [9.17, 15) is 4.79 Å². The van der Waals surface area contributed by atoms with Crippen LogP contribution in [0.5, 0.6) is 0 Å². The lowest BCUT2D eigenvalue weighted by Crippen LogP contribution is -2.54.